The molecule has 0 unspecified atom stereocenters. The number of para-hydroxylation sites is 1. The van der Waals surface area contributed by atoms with Crippen LogP contribution in [0.2, 0.25) is 0 Å². The average Bonchev–Trinajstić information content (AvgIpc) is 3.28. The first-order valence-electron chi connectivity index (χ1n) is 8.35. The second-order valence-corrected chi connectivity index (χ2v) is 6.97. The quantitative estimate of drug-likeness (QED) is 0.421. The molecular formula is C21H13N3O2S. The van der Waals surface area contributed by atoms with Gasteiger partial charge in [-0.1, -0.05) is 59.9 Å². The summed E-state index contributed by atoms with van der Waals surface area (Å²) in [6, 6.07) is 21.7. The molecule has 0 aliphatic carbocycles. The topological polar surface area (TPSA) is 71.5 Å². The van der Waals surface area contributed by atoms with E-state index in [1.165, 1.54) is 17.6 Å². The second-order valence-electron chi connectivity index (χ2n) is 5.96. The molecule has 3 aromatic carbocycles. The smallest absolute Gasteiger partial charge is 0.312 e. The van der Waals surface area contributed by atoms with E-state index < -0.39 is 0 Å². The highest BCUT2D eigenvalue weighted by Gasteiger charge is 2.14. The Bertz CT molecular complexity index is 1270. The Kier molecular flexibility index (Phi) is 3.69. The van der Waals surface area contributed by atoms with Gasteiger partial charge in [0.05, 0.1) is 16.4 Å². The van der Waals surface area contributed by atoms with E-state index in [4.69, 9.17) is 4.42 Å². The van der Waals surface area contributed by atoms with Gasteiger partial charge in [-0.15, -0.1) is 0 Å². The summed E-state index contributed by atoms with van der Waals surface area (Å²) in [7, 11) is 0. The number of rotatable bonds is 3. The number of benzene rings is 3. The molecule has 0 atom stereocenters. The first kappa shape index (κ1) is 15.7. The molecule has 0 aliphatic rings. The molecule has 2 heterocycles. The Morgan fingerprint density at radius 2 is 1.74 bits per heavy atom. The first-order chi connectivity index (χ1) is 13.3. The minimum atomic E-state index is -0.261. The summed E-state index contributed by atoms with van der Waals surface area (Å²) in [5, 5.41) is 12.8. The van der Waals surface area contributed by atoms with Crippen LogP contribution in [0.15, 0.2) is 76.1 Å². The fraction of sp³-hybridized carbons (Fsp3) is 0. The third-order valence-electron chi connectivity index (χ3n) is 4.23. The van der Waals surface area contributed by atoms with Crippen molar-refractivity contribution in [3.63, 3.8) is 0 Å². The summed E-state index contributed by atoms with van der Waals surface area (Å²) < 4.78 is 6.55. The van der Waals surface area contributed by atoms with Crippen LogP contribution in [0.4, 0.5) is 5.13 Å². The van der Waals surface area contributed by atoms with Gasteiger partial charge in [-0.05, 0) is 29.0 Å². The zero-order valence-corrected chi connectivity index (χ0v) is 14.9. The highest BCUT2D eigenvalue weighted by molar-refractivity contribution is 7.22. The van der Waals surface area contributed by atoms with Gasteiger partial charge in [-0.25, -0.2) is 15.0 Å². The first-order valence-corrected chi connectivity index (χ1v) is 9.17. The maximum absolute atomic E-state index is 10.1. The monoisotopic (exact) mass is 371 g/mol. The molecule has 0 amide bonds. The molecule has 1 N–H and O–H groups in total. The molecular weight excluding hydrogens is 358 g/mol. The van der Waals surface area contributed by atoms with Crippen molar-refractivity contribution in [2.75, 3.05) is 0 Å². The molecule has 5 rings (SSSR count). The molecule has 27 heavy (non-hydrogen) atoms. The molecule has 0 aliphatic heterocycles. The number of fused-ring (bicyclic) bond motifs is 2. The van der Waals surface area contributed by atoms with Crippen molar-refractivity contribution >= 4 is 43.7 Å². The van der Waals surface area contributed by atoms with Gasteiger partial charge in [-0.2, -0.15) is 0 Å². The molecule has 5 aromatic rings. The molecule has 2 aromatic heterocycles. The van der Waals surface area contributed by atoms with Gasteiger partial charge in [0.1, 0.15) is 0 Å². The molecule has 0 spiro atoms. The Labute approximate surface area is 158 Å². The number of nitrogens with zero attached hydrogens (tertiary/aromatic N) is 3. The maximum Gasteiger partial charge on any atom is 0.312 e. The lowest BCUT2D eigenvalue weighted by Crippen LogP contribution is -1.84. The highest BCUT2D eigenvalue weighted by Crippen LogP contribution is 2.32. The molecule has 0 radical (unpaired) electrons. The third kappa shape index (κ3) is 2.86. The SMILES string of the molecule is Oc1oc(-c2cccc3ccccc23)nc1C=Nc1nc2ccccc2s1. The van der Waals surface area contributed by atoms with Crippen LogP contribution in [0.3, 0.4) is 0 Å². The van der Waals surface area contributed by atoms with E-state index in [2.05, 4.69) is 15.0 Å². The number of aromatic nitrogens is 2. The van der Waals surface area contributed by atoms with Crippen LogP contribution < -0.4 is 0 Å². The van der Waals surface area contributed by atoms with E-state index in [0.29, 0.717) is 11.0 Å². The van der Waals surface area contributed by atoms with Gasteiger partial charge >= 0.3 is 5.95 Å². The van der Waals surface area contributed by atoms with E-state index in [1.54, 1.807) is 0 Å². The van der Waals surface area contributed by atoms with Crippen molar-refractivity contribution in [2.24, 2.45) is 4.99 Å². The standard InChI is InChI=1S/C21H13N3O2S/c25-20-17(12-22-21-24-16-10-3-4-11-18(16)27-21)23-19(26-20)15-9-5-7-13-6-1-2-8-14(13)15/h1-12,25H. The lowest BCUT2D eigenvalue weighted by Gasteiger charge is -2.01. The second kappa shape index (κ2) is 6.34. The van der Waals surface area contributed by atoms with Crippen LogP contribution in [0, 0.1) is 0 Å². The summed E-state index contributed by atoms with van der Waals surface area (Å²) in [6.07, 6.45) is 1.48. The van der Waals surface area contributed by atoms with Crippen LogP contribution in [-0.4, -0.2) is 21.3 Å². The average molecular weight is 371 g/mol. The molecule has 0 fully saturated rings. The van der Waals surface area contributed by atoms with Gasteiger partial charge in [0.25, 0.3) is 0 Å². The van der Waals surface area contributed by atoms with Crippen LogP contribution in [0.1, 0.15) is 5.69 Å². The van der Waals surface area contributed by atoms with Crippen molar-refractivity contribution in [1.82, 2.24) is 9.97 Å². The number of hydrogen-bond donors (Lipinski definition) is 1. The van der Waals surface area contributed by atoms with Crippen LogP contribution in [-0.2, 0) is 0 Å². The van der Waals surface area contributed by atoms with Gasteiger partial charge in [0.15, 0.2) is 5.69 Å². The van der Waals surface area contributed by atoms with Crippen molar-refractivity contribution in [1.29, 1.82) is 0 Å². The van der Waals surface area contributed by atoms with Crippen molar-refractivity contribution in [3.05, 3.63) is 72.4 Å². The van der Waals surface area contributed by atoms with Gasteiger partial charge in [-0.3, -0.25) is 0 Å². The fourth-order valence-corrected chi connectivity index (χ4v) is 3.78. The number of hydrogen-bond acceptors (Lipinski definition) is 6. The van der Waals surface area contributed by atoms with E-state index in [-0.39, 0.29) is 11.6 Å². The zero-order valence-electron chi connectivity index (χ0n) is 14.0. The Morgan fingerprint density at radius 3 is 2.67 bits per heavy atom. The minimum Gasteiger partial charge on any atom is -0.479 e. The summed E-state index contributed by atoms with van der Waals surface area (Å²) in [5.74, 6) is 0.0952. The predicted molar refractivity (Wildman–Crippen MR) is 108 cm³/mol. The number of thiazole rings is 1. The lowest BCUT2D eigenvalue weighted by atomic mass is 10.0. The van der Waals surface area contributed by atoms with Crippen LogP contribution in [0.25, 0.3) is 32.4 Å². The fourth-order valence-electron chi connectivity index (χ4n) is 2.97. The van der Waals surface area contributed by atoms with Crippen LogP contribution in [0.5, 0.6) is 5.95 Å². The van der Waals surface area contributed by atoms with Crippen molar-refractivity contribution in [3.8, 4) is 17.4 Å². The van der Waals surface area contributed by atoms with Crippen molar-refractivity contribution in [2.45, 2.75) is 0 Å². The summed E-state index contributed by atoms with van der Waals surface area (Å²) in [6.45, 7) is 0. The lowest BCUT2D eigenvalue weighted by molar-refractivity contribution is 0.337. The zero-order chi connectivity index (χ0) is 18.2. The minimum absolute atomic E-state index is 0.261. The summed E-state index contributed by atoms with van der Waals surface area (Å²) >= 11 is 1.48. The molecule has 5 nitrogen and oxygen atoms in total. The molecule has 0 bridgehead atoms. The number of aromatic hydroxyl groups is 1. The van der Waals surface area contributed by atoms with Gasteiger partial charge < -0.3 is 9.52 Å². The van der Waals surface area contributed by atoms with E-state index in [1.807, 2.05) is 66.7 Å². The van der Waals surface area contributed by atoms with Crippen molar-refractivity contribution < 1.29 is 9.52 Å². The number of aliphatic imine (C=N–C) groups is 1. The largest absolute Gasteiger partial charge is 0.479 e. The predicted octanol–water partition coefficient (Wildman–Crippen LogP) is 5.56. The van der Waals surface area contributed by atoms with E-state index >= 15 is 0 Å². The Hall–Kier alpha value is -3.51. The molecule has 0 saturated carbocycles. The normalized spacial score (nSPS) is 11.7. The Balaban J connectivity index is 1.52. The van der Waals surface area contributed by atoms with Crippen LogP contribution >= 0.6 is 11.3 Å². The molecule has 0 saturated heterocycles. The number of oxazole rings is 1. The summed E-state index contributed by atoms with van der Waals surface area (Å²) in [4.78, 5) is 13.2. The molecule has 6 heteroatoms. The third-order valence-corrected chi connectivity index (χ3v) is 5.18. The highest BCUT2D eigenvalue weighted by atomic mass is 32.1. The van der Waals surface area contributed by atoms with Gasteiger partial charge in [0.2, 0.25) is 11.0 Å². The summed E-state index contributed by atoms with van der Waals surface area (Å²) in [5.41, 5.74) is 2.00. The van der Waals surface area contributed by atoms with E-state index in [0.717, 1.165) is 26.6 Å². The van der Waals surface area contributed by atoms with Gasteiger partial charge in [0, 0.05) is 5.56 Å². The molecule has 130 valence electrons. The maximum atomic E-state index is 10.1. The Morgan fingerprint density at radius 1 is 0.926 bits per heavy atom. The van der Waals surface area contributed by atoms with E-state index in [9.17, 15) is 5.11 Å².